The highest BCUT2D eigenvalue weighted by Gasteiger charge is 2.05. The SMILES string of the molecule is CNCCN(C)CCCn1c(=O)[nH]c2ccccc21. The number of H-pyrrole nitrogens is 1. The molecule has 0 saturated heterocycles. The van der Waals surface area contributed by atoms with E-state index in [-0.39, 0.29) is 5.69 Å². The summed E-state index contributed by atoms with van der Waals surface area (Å²) in [4.78, 5) is 17.0. The fraction of sp³-hybridized carbons (Fsp3) is 0.500. The molecular weight excluding hydrogens is 240 g/mol. The lowest BCUT2D eigenvalue weighted by Gasteiger charge is -2.16. The van der Waals surface area contributed by atoms with E-state index in [1.165, 1.54) is 0 Å². The fourth-order valence-corrected chi connectivity index (χ4v) is 2.24. The van der Waals surface area contributed by atoms with E-state index in [0.29, 0.717) is 0 Å². The van der Waals surface area contributed by atoms with Gasteiger partial charge in [0, 0.05) is 19.6 Å². The fourth-order valence-electron chi connectivity index (χ4n) is 2.24. The van der Waals surface area contributed by atoms with Crippen LogP contribution in [0.4, 0.5) is 0 Å². The van der Waals surface area contributed by atoms with E-state index in [9.17, 15) is 4.79 Å². The highest BCUT2D eigenvalue weighted by molar-refractivity contribution is 5.74. The van der Waals surface area contributed by atoms with Gasteiger partial charge >= 0.3 is 5.69 Å². The number of benzene rings is 1. The topological polar surface area (TPSA) is 53.1 Å². The summed E-state index contributed by atoms with van der Waals surface area (Å²) in [7, 11) is 4.06. The number of rotatable bonds is 7. The summed E-state index contributed by atoms with van der Waals surface area (Å²) in [5, 5.41) is 3.13. The molecule has 2 rings (SSSR count). The Kier molecular flexibility index (Phi) is 4.76. The van der Waals surface area contributed by atoms with E-state index in [1.54, 1.807) is 0 Å². The highest BCUT2D eigenvalue weighted by atomic mass is 16.1. The number of aromatic amines is 1. The summed E-state index contributed by atoms with van der Waals surface area (Å²) in [5.74, 6) is 0. The molecular formula is C14H22N4O. The zero-order chi connectivity index (χ0) is 13.7. The molecule has 0 unspecified atom stereocenters. The van der Waals surface area contributed by atoms with Crippen LogP contribution in [0, 0.1) is 0 Å². The third-order valence-corrected chi connectivity index (χ3v) is 3.35. The van der Waals surface area contributed by atoms with Crippen LogP contribution >= 0.6 is 0 Å². The zero-order valence-corrected chi connectivity index (χ0v) is 11.6. The summed E-state index contributed by atoms with van der Waals surface area (Å²) in [5.41, 5.74) is 1.89. The van der Waals surface area contributed by atoms with Gasteiger partial charge in [-0.2, -0.15) is 0 Å². The molecule has 5 heteroatoms. The molecule has 0 radical (unpaired) electrons. The van der Waals surface area contributed by atoms with Crippen LogP contribution in [0.5, 0.6) is 0 Å². The lowest BCUT2D eigenvalue weighted by atomic mass is 10.3. The minimum absolute atomic E-state index is 0.0147. The normalized spacial score (nSPS) is 11.5. The number of hydrogen-bond donors (Lipinski definition) is 2. The molecule has 2 N–H and O–H groups in total. The molecule has 0 fully saturated rings. The van der Waals surface area contributed by atoms with Gasteiger partial charge in [-0.25, -0.2) is 4.79 Å². The maximum atomic E-state index is 11.9. The number of nitrogens with one attached hydrogen (secondary N) is 2. The maximum Gasteiger partial charge on any atom is 0.326 e. The molecule has 1 heterocycles. The Hall–Kier alpha value is -1.59. The molecule has 0 saturated carbocycles. The van der Waals surface area contributed by atoms with Crippen molar-refractivity contribution >= 4 is 11.0 Å². The first kappa shape index (κ1) is 13.8. The van der Waals surface area contributed by atoms with Crippen molar-refractivity contribution in [3.05, 3.63) is 34.7 Å². The molecule has 5 nitrogen and oxygen atoms in total. The number of para-hydroxylation sites is 2. The third-order valence-electron chi connectivity index (χ3n) is 3.35. The molecule has 19 heavy (non-hydrogen) atoms. The van der Waals surface area contributed by atoms with Gasteiger partial charge in [0.05, 0.1) is 11.0 Å². The van der Waals surface area contributed by atoms with Gasteiger partial charge in [0.15, 0.2) is 0 Å². The van der Waals surface area contributed by atoms with E-state index < -0.39 is 0 Å². The molecule has 2 aromatic rings. The van der Waals surface area contributed by atoms with Crippen molar-refractivity contribution in [2.45, 2.75) is 13.0 Å². The van der Waals surface area contributed by atoms with Gasteiger partial charge in [-0.15, -0.1) is 0 Å². The largest absolute Gasteiger partial charge is 0.326 e. The van der Waals surface area contributed by atoms with E-state index in [0.717, 1.165) is 43.6 Å². The molecule has 0 aliphatic carbocycles. The second-order valence-corrected chi connectivity index (χ2v) is 4.86. The van der Waals surface area contributed by atoms with Gasteiger partial charge < -0.3 is 15.2 Å². The van der Waals surface area contributed by atoms with Gasteiger partial charge in [-0.1, -0.05) is 12.1 Å². The van der Waals surface area contributed by atoms with Crippen LogP contribution in [-0.2, 0) is 6.54 Å². The molecule has 1 aromatic heterocycles. The second-order valence-electron chi connectivity index (χ2n) is 4.86. The number of likely N-dealkylation sites (N-methyl/N-ethyl adjacent to an activating group) is 2. The number of aryl methyl sites for hydroxylation is 1. The van der Waals surface area contributed by atoms with E-state index in [2.05, 4.69) is 22.2 Å². The summed E-state index contributed by atoms with van der Waals surface area (Å²) < 4.78 is 1.82. The van der Waals surface area contributed by atoms with Crippen LogP contribution in [0.3, 0.4) is 0 Å². The Labute approximate surface area is 113 Å². The summed E-state index contributed by atoms with van der Waals surface area (Å²) in [6.07, 6.45) is 0.974. The molecule has 1 aromatic carbocycles. The monoisotopic (exact) mass is 262 g/mol. The highest BCUT2D eigenvalue weighted by Crippen LogP contribution is 2.09. The van der Waals surface area contributed by atoms with Crippen molar-refractivity contribution < 1.29 is 0 Å². The maximum absolute atomic E-state index is 11.9. The molecule has 0 aliphatic rings. The quantitative estimate of drug-likeness (QED) is 0.778. The third kappa shape index (κ3) is 3.45. The predicted molar refractivity (Wildman–Crippen MR) is 78.6 cm³/mol. The molecule has 0 aliphatic heterocycles. The number of imidazole rings is 1. The van der Waals surface area contributed by atoms with Crippen molar-refractivity contribution in [3.63, 3.8) is 0 Å². The zero-order valence-electron chi connectivity index (χ0n) is 11.6. The van der Waals surface area contributed by atoms with Gasteiger partial charge in [-0.05, 0) is 39.2 Å². The first-order valence-electron chi connectivity index (χ1n) is 6.73. The molecule has 104 valence electrons. The minimum Gasteiger partial charge on any atom is -0.318 e. The van der Waals surface area contributed by atoms with E-state index in [4.69, 9.17) is 0 Å². The van der Waals surface area contributed by atoms with Crippen molar-refractivity contribution in [3.8, 4) is 0 Å². The molecule has 0 spiro atoms. The Morgan fingerprint density at radius 1 is 1.32 bits per heavy atom. The average molecular weight is 262 g/mol. The number of hydrogen-bond acceptors (Lipinski definition) is 3. The van der Waals surface area contributed by atoms with Crippen molar-refractivity contribution in [2.75, 3.05) is 33.7 Å². The Morgan fingerprint density at radius 2 is 2.11 bits per heavy atom. The van der Waals surface area contributed by atoms with Gasteiger partial charge in [0.2, 0.25) is 0 Å². The van der Waals surface area contributed by atoms with Crippen molar-refractivity contribution in [1.29, 1.82) is 0 Å². The second kappa shape index (κ2) is 6.54. The van der Waals surface area contributed by atoms with Crippen molar-refractivity contribution in [1.82, 2.24) is 19.8 Å². The smallest absolute Gasteiger partial charge is 0.318 e. The minimum atomic E-state index is -0.0147. The number of fused-ring (bicyclic) bond motifs is 1. The van der Waals surface area contributed by atoms with Crippen LogP contribution in [0.1, 0.15) is 6.42 Å². The van der Waals surface area contributed by atoms with Crippen LogP contribution in [0.15, 0.2) is 29.1 Å². The van der Waals surface area contributed by atoms with Crippen LogP contribution in [0.25, 0.3) is 11.0 Å². The Balaban J connectivity index is 1.95. The van der Waals surface area contributed by atoms with Gasteiger partial charge in [-0.3, -0.25) is 4.57 Å². The Bertz CT molecular complexity index is 572. The summed E-state index contributed by atoms with van der Waals surface area (Å²) in [6.45, 7) is 3.77. The van der Waals surface area contributed by atoms with E-state index >= 15 is 0 Å². The van der Waals surface area contributed by atoms with Gasteiger partial charge in [0.25, 0.3) is 0 Å². The average Bonchev–Trinajstić information content (AvgIpc) is 2.73. The number of aromatic nitrogens is 2. The molecule has 0 amide bonds. The first-order chi connectivity index (χ1) is 9.22. The lowest BCUT2D eigenvalue weighted by Crippen LogP contribution is -2.29. The number of nitrogens with zero attached hydrogens (tertiary/aromatic N) is 2. The standard InChI is InChI=1S/C14H22N4O/c1-15-8-11-17(2)9-5-10-18-13-7-4-3-6-12(13)16-14(18)19/h3-4,6-7,15H,5,8-11H2,1-2H3,(H,16,19). The molecule has 0 bridgehead atoms. The predicted octanol–water partition coefficient (Wildman–Crippen LogP) is 0.871. The molecule has 0 atom stereocenters. The van der Waals surface area contributed by atoms with Crippen LogP contribution in [0.2, 0.25) is 0 Å². The first-order valence-corrected chi connectivity index (χ1v) is 6.73. The summed E-state index contributed by atoms with van der Waals surface area (Å²) in [6, 6.07) is 7.82. The Morgan fingerprint density at radius 3 is 2.89 bits per heavy atom. The summed E-state index contributed by atoms with van der Waals surface area (Å²) >= 11 is 0. The lowest BCUT2D eigenvalue weighted by molar-refractivity contribution is 0.323. The van der Waals surface area contributed by atoms with Crippen LogP contribution < -0.4 is 11.0 Å². The van der Waals surface area contributed by atoms with Gasteiger partial charge in [0.1, 0.15) is 0 Å². The van der Waals surface area contributed by atoms with E-state index in [1.807, 2.05) is 35.9 Å². The van der Waals surface area contributed by atoms with Crippen molar-refractivity contribution in [2.24, 2.45) is 0 Å². The van der Waals surface area contributed by atoms with Crippen LogP contribution in [-0.4, -0.2) is 48.2 Å².